The van der Waals surface area contributed by atoms with Gasteiger partial charge in [-0.1, -0.05) is 18.2 Å². The summed E-state index contributed by atoms with van der Waals surface area (Å²) in [7, 11) is 0. The van der Waals surface area contributed by atoms with Crippen molar-refractivity contribution < 1.29 is 9.53 Å². The quantitative estimate of drug-likeness (QED) is 0.741. The Morgan fingerprint density at radius 1 is 1.33 bits per heavy atom. The fourth-order valence-electron chi connectivity index (χ4n) is 1.35. The number of rotatable bonds is 5. The summed E-state index contributed by atoms with van der Waals surface area (Å²) in [5.74, 6) is 1.30. The van der Waals surface area contributed by atoms with E-state index in [1.54, 1.807) is 0 Å². The molecule has 0 spiro atoms. The highest BCUT2D eigenvalue weighted by Crippen LogP contribution is 2.28. The zero-order chi connectivity index (χ0) is 10.5. The third kappa shape index (κ3) is 3.27. The Morgan fingerprint density at radius 3 is 2.73 bits per heavy atom. The molecular weight excluding hydrogens is 190 g/mol. The summed E-state index contributed by atoms with van der Waals surface area (Å²) in [6, 6.07) is 9.61. The molecule has 1 saturated carbocycles. The Kier molecular flexibility index (Phi) is 3.22. The first-order chi connectivity index (χ1) is 7.36. The summed E-state index contributed by atoms with van der Waals surface area (Å²) in [6.45, 7) is 1.12. The van der Waals surface area contributed by atoms with Crippen LogP contribution in [0.25, 0.3) is 0 Å². The monoisotopic (exact) mass is 205 g/mol. The summed E-state index contributed by atoms with van der Waals surface area (Å²) in [6.07, 6.45) is 2.09. The fraction of sp³-hybridized carbons (Fsp3) is 0.417. The lowest BCUT2D eigenvalue weighted by atomic mass is 10.3. The van der Waals surface area contributed by atoms with E-state index in [2.05, 4.69) is 5.32 Å². The Balaban J connectivity index is 1.60. The number of para-hydroxylation sites is 1. The zero-order valence-corrected chi connectivity index (χ0v) is 8.61. The van der Waals surface area contributed by atoms with Gasteiger partial charge in [-0.05, 0) is 25.0 Å². The third-order valence-corrected chi connectivity index (χ3v) is 2.36. The molecule has 0 atom stereocenters. The lowest BCUT2D eigenvalue weighted by Crippen LogP contribution is -2.29. The van der Waals surface area contributed by atoms with Crippen molar-refractivity contribution in [3.05, 3.63) is 30.3 Å². The maximum Gasteiger partial charge on any atom is 0.223 e. The molecular formula is C12H15NO2. The molecule has 0 saturated heterocycles. The number of benzene rings is 1. The first-order valence-corrected chi connectivity index (χ1v) is 5.32. The van der Waals surface area contributed by atoms with Crippen molar-refractivity contribution >= 4 is 5.91 Å². The van der Waals surface area contributed by atoms with Gasteiger partial charge in [0.2, 0.25) is 5.91 Å². The third-order valence-electron chi connectivity index (χ3n) is 2.36. The number of hydrogen-bond acceptors (Lipinski definition) is 2. The molecule has 0 aliphatic heterocycles. The number of ether oxygens (including phenoxy) is 1. The molecule has 1 aliphatic rings. The summed E-state index contributed by atoms with van der Waals surface area (Å²) in [5, 5.41) is 2.85. The molecule has 3 heteroatoms. The highest BCUT2D eigenvalue weighted by molar-refractivity contribution is 5.80. The molecule has 0 unspecified atom stereocenters. The van der Waals surface area contributed by atoms with Gasteiger partial charge in [0.25, 0.3) is 0 Å². The van der Waals surface area contributed by atoms with Crippen molar-refractivity contribution in [1.82, 2.24) is 5.32 Å². The fourth-order valence-corrected chi connectivity index (χ4v) is 1.35. The van der Waals surface area contributed by atoms with Gasteiger partial charge in [0, 0.05) is 5.92 Å². The first kappa shape index (κ1) is 10.0. The van der Waals surface area contributed by atoms with Crippen LogP contribution in [0.3, 0.4) is 0 Å². The molecule has 1 amide bonds. The minimum Gasteiger partial charge on any atom is -0.492 e. The van der Waals surface area contributed by atoms with Crippen LogP contribution in [-0.2, 0) is 4.79 Å². The minimum atomic E-state index is 0.173. The highest BCUT2D eigenvalue weighted by Gasteiger charge is 2.28. The molecule has 1 fully saturated rings. The molecule has 3 nitrogen and oxygen atoms in total. The second-order valence-corrected chi connectivity index (χ2v) is 3.73. The van der Waals surface area contributed by atoms with Crippen LogP contribution < -0.4 is 10.1 Å². The Morgan fingerprint density at radius 2 is 2.07 bits per heavy atom. The first-order valence-electron chi connectivity index (χ1n) is 5.32. The van der Waals surface area contributed by atoms with Gasteiger partial charge in [-0.25, -0.2) is 0 Å². The van der Waals surface area contributed by atoms with Crippen molar-refractivity contribution in [3.63, 3.8) is 0 Å². The normalized spacial score (nSPS) is 14.7. The summed E-state index contributed by atoms with van der Waals surface area (Å²) < 4.78 is 5.44. The molecule has 80 valence electrons. The van der Waals surface area contributed by atoms with E-state index >= 15 is 0 Å². The smallest absolute Gasteiger partial charge is 0.223 e. The Bertz CT molecular complexity index is 320. The number of carbonyl (C=O) groups is 1. The average molecular weight is 205 g/mol. The Labute approximate surface area is 89.4 Å². The largest absolute Gasteiger partial charge is 0.492 e. The second-order valence-electron chi connectivity index (χ2n) is 3.73. The average Bonchev–Trinajstić information content (AvgIpc) is 3.09. The number of nitrogens with one attached hydrogen (secondary N) is 1. The van der Waals surface area contributed by atoms with Crippen LogP contribution in [0.15, 0.2) is 30.3 Å². The van der Waals surface area contributed by atoms with Crippen LogP contribution in [0.4, 0.5) is 0 Å². The Hall–Kier alpha value is -1.51. The van der Waals surface area contributed by atoms with E-state index in [9.17, 15) is 4.79 Å². The van der Waals surface area contributed by atoms with Crippen molar-refractivity contribution in [2.45, 2.75) is 12.8 Å². The lowest BCUT2D eigenvalue weighted by Gasteiger charge is -2.06. The van der Waals surface area contributed by atoms with Gasteiger partial charge in [-0.3, -0.25) is 4.79 Å². The van der Waals surface area contributed by atoms with E-state index in [0.717, 1.165) is 18.6 Å². The van der Waals surface area contributed by atoms with E-state index in [4.69, 9.17) is 4.74 Å². The number of carbonyl (C=O) groups excluding carboxylic acids is 1. The van der Waals surface area contributed by atoms with Gasteiger partial charge in [-0.2, -0.15) is 0 Å². The van der Waals surface area contributed by atoms with Crippen LogP contribution in [-0.4, -0.2) is 19.1 Å². The molecule has 0 bridgehead atoms. The summed E-state index contributed by atoms with van der Waals surface area (Å²) >= 11 is 0. The van der Waals surface area contributed by atoms with Crippen LogP contribution in [0.1, 0.15) is 12.8 Å². The predicted octanol–water partition coefficient (Wildman–Crippen LogP) is 1.59. The van der Waals surface area contributed by atoms with Gasteiger partial charge >= 0.3 is 0 Å². The maximum atomic E-state index is 11.2. The van der Waals surface area contributed by atoms with Crippen molar-refractivity contribution in [2.24, 2.45) is 5.92 Å². The molecule has 0 radical (unpaired) electrons. The SMILES string of the molecule is O=C(NCCOc1ccccc1)C1CC1. The summed E-state index contributed by atoms with van der Waals surface area (Å²) in [4.78, 5) is 11.2. The molecule has 0 heterocycles. The van der Waals surface area contributed by atoms with Gasteiger partial charge in [0.1, 0.15) is 12.4 Å². The summed E-state index contributed by atoms with van der Waals surface area (Å²) in [5.41, 5.74) is 0. The van der Waals surface area contributed by atoms with E-state index < -0.39 is 0 Å². The highest BCUT2D eigenvalue weighted by atomic mass is 16.5. The number of amides is 1. The molecule has 1 aliphatic carbocycles. The topological polar surface area (TPSA) is 38.3 Å². The minimum absolute atomic E-state index is 0.173. The van der Waals surface area contributed by atoms with Crippen molar-refractivity contribution in [1.29, 1.82) is 0 Å². The molecule has 2 rings (SSSR count). The van der Waals surface area contributed by atoms with Gasteiger partial charge in [-0.15, -0.1) is 0 Å². The van der Waals surface area contributed by atoms with Crippen molar-refractivity contribution in [2.75, 3.05) is 13.2 Å². The van der Waals surface area contributed by atoms with Crippen molar-refractivity contribution in [3.8, 4) is 5.75 Å². The van der Waals surface area contributed by atoms with Crippen LogP contribution in [0.2, 0.25) is 0 Å². The standard InChI is InChI=1S/C12H15NO2/c14-12(10-6-7-10)13-8-9-15-11-4-2-1-3-5-11/h1-5,10H,6-9H2,(H,13,14). The molecule has 15 heavy (non-hydrogen) atoms. The predicted molar refractivity (Wildman–Crippen MR) is 57.7 cm³/mol. The van der Waals surface area contributed by atoms with E-state index in [-0.39, 0.29) is 11.8 Å². The second kappa shape index (κ2) is 4.82. The maximum absolute atomic E-state index is 11.2. The van der Waals surface area contributed by atoms with Crippen LogP contribution in [0.5, 0.6) is 5.75 Å². The van der Waals surface area contributed by atoms with E-state index in [0.29, 0.717) is 13.2 Å². The van der Waals surface area contributed by atoms with E-state index in [1.165, 1.54) is 0 Å². The molecule has 0 aromatic heterocycles. The van der Waals surface area contributed by atoms with E-state index in [1.807, 2.05) is 30.3 Å². The van der Waals surface area contributed by atoms with Crippen LogP contribution >= 0.6 is 0 Å². The lowest BCUT2D eigenvalue weighted by molar-refractivity contribution is -0.122. The zero-order valence-electron chi connectivity index (χ0n) is 8.61. The molecule has 1 aromatic carbocycles. The van der Waals surface area contributed by atoms with Gasteiger partial charge in [0.05, 0.1) is 6.54 Å². The number of hydrogen-bond donors (Lipinski definition) is 1. The van der Waals surface area contributed by atoms with Gasteiger partial charge < -0.3 is 10.1 Å². The molecule has 1 aromatic rings. The van der Waals surface area contributed by atoms with Crippen LogP contribution in [0, 0.1) is 5.92 Å². The van der Waals surface area contributed by atoms with Gasteiger partial charge in [0.15, 0.2) is 0 Å². The molecule has 1 N–H and O–H groups in total.